The van der Waals surface area contributed by atoms with E-state index in [1.165, 1.54) is 23.8 Å². The summed E-state index contributed by atoms with van der Waals surface area (Å²) in [6.07, 6.45) is 6.84. The van der Waals surface area contributed by atoms with E-state index in [1.54, 1.807) is 5.38 Å². The Morgan fingerprint density at radius 2 is 2.22 bits per heavy atom. The van der Waals surface area contributed by atoms with Gasteiger partial charge < -0.3 is 10.4 Å². The molecule has 1 heterocycles. The van der Waals surface area contributed by atoms with Crippen LogP contribution in [-0.2, 0) is 4.79 Å². The fourth-order valence-electron chi connectivity index (χ4n) is 2.02. The number of allylic oxidation sites excluding steroid dienone is 1. The van der Waals surface area contributed by atoms with Crippen molar-refractivity contribution in [1.82, 2.24) is 0 Å². The molecule has 2 rings (SSSR count). The summed E-state index contributed by atoms with van der Waals surface area (Å²) in [4.78, 5) is 22.7. The molecule has 0 bridgehead atoms. The van der Waals surface area contributed by atoms with Crippen LogP contribution >= 0.6 is 11.3 Å². The van der Waals surface area contributed by atoms with Crippen LogP contribution in [0.15, 0.2) is 23.1 Å². The van der Waals surface area contributed by atoms with Crippen molar-refractivity contribution in [2.75, 3.05) is 5.32 Å². The van der Waals surface area contributed by atoms with Gasteiger partial charge in [0.05, 0.1) is 5.56 Å². The van der Waals surface area contributed by atoms with Crippen molar-refractivity contribution < 1.29 is 14.7 Å². The molecule has 0 radical (unpaired) electrons. The van der Waals surface area contributed by atoms with Crippen molar-refractivity contribution in [3.8, 4) is 0 Å². The molecule has 0 saturated heterocycles. The van der Waals surface area contributed by atoms with Gasteiger partial charge in [0.25, 0.3) is 0 Å². The first kappa shape index (κ1) is 12.8. The van der Waals surface area contributed by atoms with Gasteiger partial charge in [-0.3, -0.25) is 4.79 Å². The molecule has 1 aromatic rings. The normalized spacial score (nSPS) is 15.0. The molecule has 96 valence electrons. The smallest absolute Gasteiger partial charge is 0.338 e. The molecule has 1 aliphatic rings. The Morgan fingerprint density at radius 1 is 1.39 bits per heavy atom. The summed E-state index contributed by atoms with van der Waals surface area (Å²) in [5, 5.41) is 13.7. The molecule has 1 amide bonds. The standard InChI is InChI=1S/C13H15NO3S/c15-11(8-9-4-2-1-3-5-9)14-12-10(13(16)17)6-7-18-12/h4,6-7H,1-3,5,8H2,(H,14,15)(H,16,17). The van der Waals surface area contributed by atoms with Gasteiger partial charge in [0, 0.05) is 6.42 Å². The number of rotatable bonds is 4. The zero-order valence-corrected chi connectivity index (χ0v) is 10.8. The third-order valence-electron chi connectivity index (χ3n) is 2.92. The van der Waals surface area contributed by atoms with E-state index in [1.807, 2.05) is 0 Å². The fraction of sp³-hybridized carbons (Fsp3) is 0.385. The van der Waals surface area contributed by atoms with Gasteiger partial charge in [0.1, 0.15) is 5.00 Å². The molecular formula is C13H15NO3S. The first-order valence-electron chi connectivity index (χ1n) is 5.95. The van der Waals surface area contributed by atoms with Gasteiger partial charge >= 0.3 is 5.97 Å². The second-order valence-electron chi connectivity index (χ2n) is 4.30. The summed E-state index contributed by atoms with van der Waals surface area (Å²) in [5.74, 6) is -1.14. The van der Waals surface area contributed by atoms with E-state index in [0.29, 0.717) is 11.4 Å². The zero-order valence-electron chi connectivity index (χ0n) is 9.94. The second-order valence-corrected chi connectivity index (χ2v) is 5.22. The predicted octanol–water partition coefficient (Wildman–Crippen LogP) is 3.28. The third kappa shape index (κ3) is 3.20. The van der Waals surface area contributed by atoms with Crippen molar-refractivity contribution in [3.05, 3.63) is 28.7 Å². The minimum atomic E-state index is -1.01. The predicted molar refractivity (Wildman–Crippen MR) is 71.1 cm³/mol. The van der Waals surface area contributed by atoms with E-state index in [-0.39, 0.29) is 11.5 Å². The van der Waals surface area contributed by atoms with Gasteiger partial charge in [0.15, 0.2) is 0 Å². The lowest BCUT2D eigenvalue weighted by molar-refractivity contribution is -0.115. The number of amides is 1. The average Bonchev–Trinajstić information content (AvgIpc) is 2.78. The molecule has 1 aliphatic carbocycles. The molecule has 0 fully saturated rings. The van der Waals surface area contributed by atoms with Crippen molar-refractivity contribution in [2.24, 2.45) is 0 Å². The fourth-order valence-corrected chi connectivity index (χ4v) is 2.81. The van der Waals surface area contributed by atoms with E-state index < -0.39 is 5.97 Å². The van der Waals surface area contributed by atoms with Gasteiger partial charge in [-0.05, 0) is 37.1 Å². The van der Waals surface area contributed by atoms with Crippen LogP contribution in [-0.4, -0.2) is 17.0 Å². The highest BCUT2D eigenvalue weighted by atomic mass is 32.1. The van der Waals surface area contributed by atoms with Crippen LogP contribution in [0.2, 0.25) is 0 Å². The van der Waals surface area contributed by atoms with Crippen molar-refractivity contribution in [3.63, 3.8) is 0 Å². The number of nitrogens with one attached hydrogen (secondary N) is 1. The largest absolute Gasteiger partial charge is 0.478 e. The monoisotopic (exact) mass is 265 g/mol. The highest BCUT2D eigenvalue weighted by molar-refractivity contribution is 7.14. The van der Waals surface area contributed by atoms with Gasteiger partial charge in [-0.15, -0.1) is 11.3 Å². The lowest BCUT2D eigenvalue weighted by Gasteiger charge is -2.12. The van der Waals surface area contributed by atoms with Crippen LogP contribution in [0.1, 0.15) is 42.5 Å². The molecule has 0 saturated carbocycles. The van der Waals surface area contributed by atoms with Crippen molar-refractivity contribution >= 4 is 28.2 Å². The summed E-state index contributed by atoms with van der Waals surface area (Å²) in [6, 6.07) is 1.50. The molecular weight excluding hydrogens is 250 g/mol. The van der Waals surface area contributed by atoms with Crippen molar-refractivity contribution in [1.29, 1.82) is 0 Å². The minimum absolute atomic E-state index is 0.131. The Morgan fingerprint density at radius 3 is 2.89 bits per heavy atom. The SMILES string of the molecule is O=C(CC1=CCCCC1)Nc1sccc1C(=O)O. The lowest BCUT2D eigenvalue weighted by atomic mass is 9.97. The molecule has 0 unspecified atom stereocenters. The van der Waals surface area contributed by atoms with Crippen LogP contribution < -0.4 is 5.32 Å². The number of hydrogen-bond donors (Lipinski definition) is 2. The highest BCUT2D eigenvalue weighted by Gasteiger charge is 2.15. The lowest BCUT2D eigenvalue weighted by Crippen LogP contribution is -2.14. The number of aromatic carboxylic acids is 1. The summed E-state index contributed by atoms with van der Waals surface area (Å²) >= 11 is 1.24. The molecule has 4 nitrogen and oxygen atoms in total. The maximum absolute atomic E-state index is 11.8. The Hall–Kier alpha value is -1.62. The number of carboxylic acid groups (broad SMARTS) is 1. The summed E-state index contributed by atoms with van der Waals surface area (Å²) in [5.41, 5.74) is 1.32. The number of thiophene rings is 1. The second kappa shape index (κ2) is 5.82. The first-order valence-corrected chi connectivity index (χ1v) is 6.83. The molecule has 0 atom stereocenters. The van der Waals surface area contributed by atoms with Crippen molar-refractivity contribution in [2.45, 2.75) is 32.1 Å². The number of carbonyl (C=O) groups is 2. The van der Waals surface area contributed by atoms with E-state index in [2.05, 4.69) is 11.4 Å². The highest BCUT2D eigenvalue weighted by Crippen LogP contribution is 2.25. The quantitative estimate of drug-likeness (QED) is 0.821. The van der Waals surface area contributed by atoms with Gasteiger partial charge in [-0.25, -0.2) is 4.79 Å². The number of hydrogen-bond acceptors (Lipinski definition) is 3. The molecule has 18 heavy (non-hydrogen) atoms. The van der Waals surface area contributed by atoms with E-state index in [0.717, 1.165) is 24.8 Å². The molecule has 0 aliphatic heterocycles. The summed E-state index contributed by atoms with van der Waals surface area (Å²) < 4.78 is 0. The van der Waals surface area contributed by atoms with E-state index in [4.69, 9.17) is 5.11 Å². The van der Waals surface area contributed by atoms with Gasteiger partial charge in [0.2, 0.25) is 5.91 Å². The van der Waals surface area contributed by atoms with E-state index >= 15 is 0 Å². The minimum Gasteiger partial charge on any atom is -0.478 e. The van der Waals surface area contributed by atoms with Crippen LogP contribution in [0.25, 0.3) is 0 Å². The average molecular weight is 265 g/mol. The Labute approximate surface area is 109 Å². The maximum Gasteiger partial charge on any atom is 0.338 e. The van der Waals surface area contributed by atoms with Gasteiger partial charge in [-0.2, -0.15) is 0 Å². The topological polar surface area (TPSA) is 66.4 Å². The molecule has 0 spiro atoms. The Kier molecular flexibility index (Phi) is 4.15. The van der Waals surface area contributed by atoms with Crippen LogP contribution in [0, 0.1) is 0 Å². The van der Waals surface area contributed by atoms with E-state index in [9.17, 15) is 9.59 Å². The Bertz CT molecular complexity index is 490. The Balaban J connectivity index is 1.96. The molecule has 1 aromatic heterocycles. The summed E-state index contributed by atoms with van der Waals surface area (Å²) in [7, 11) is 0. The molecule has 2 N–H and O–H groups in total. The number of carbonyl (C=O) groups excluding carboxylic acids is 1. The number of carboxylic acids is 1. The first-order chi connectivity index (χ1) is 8.66. The zero-order chi connectivity index (χ0) is 13.0. The van der Waals surface area contributed by atoms with Gasteiger partial charge in [-0.1, -0.05) is 11.6 Å². The number of anilines is 1. The van der Waals surface area contributed by atoms with Crippen LogP contribution in [0.5, 0.6) is 0 Å². The summed E-state index contributed by atoms with van der Waals surface area (Å²) in [6.45, 7) is 0. The molecule has 0 aromatic carbocycles. The van der Waals surface area contributed by atoms with Crippen LogP contribution in [0.3, 0.4) is 0 Å². The molecule has 5 heteroatoms. The third-order valence-corrected chi connectivity index (χ3v) is 3.75. The van der Waals surface area contributed by atoms with Crippen LogP contribution in [0.4, 0.5) is 5.00 Å². The maximum atomic E-state index is 11.8.